The molecule has 6 nitrogen and oxygen atoms in total. The summed E-state index contributed by atoms with van der Waals surface area (Å²) in [6.45, 7) is 0.353. The van der Waals surface area contributed by atoms with Gasteiger partial charge in [-0.15, -0.1) is 0 Å². The van der Waals surface area contributed by atoms with E-state index in [0.29, 0.717) is 24.3 Å². The zero-order valence-electron chi connectivity index (χ0n) is 15.4. The van der Waals surface area contributed by atoms with Crippen molar-refractivity contribution in [3.63, 3.8) is 0 Å². The predicted molar refractivity (Wildman–Crippen MR) is 107 cm³/mol. The van der Waals surface area contributed by atoms with Gasteiger partial charge in [0.05, 0.1) is 12.7 Å². The topological polar surface area (TPSA) is 85.7 Å². The summed E-state index contributed by atoms with van der Waals surface area (Å²) in [5.74, 6) is 1.89. The molecule has 1 aromatic heterocycles. The summed E-state index contributed by atoms with van der Waals surface area (Å²) in [7, 11) is 1.66. The van der Waals surface area contributed by atoms with E-state index in [1.807, 2.05) is 30.3 Å². The third kappa shape index (κ3) is 3.74. The van der Waals surface area contributed by atoms with Crippen LogP contribution in [0.2, 0.25) is 0 Å². The van der Waals surface area contributed by atoms with Gasteiger partial charge in [0.15, 0.2) is 11.7 Å². The van der Waals surface area contributed by atoms with Crippen LogP contribution in [0.1, 0.15) is 31.4 Å². The van der Waals surface area contributed by atoms with E-state index in [1.165, 1.54) is 12.8 Å². The summed E-state index contributed by atoms with van der Waals surface area (Å²) in [4.78, 5) is 4.39. The van der Waals surface area contributed by atoms with Gasteiger partial charge in [-0.2, -0.15) is 0 Å². The van der Waals surface area contributed by atoms with Crippen molar-refractivity contribution in [2.24, 2.45) is 10.7 Å². The molecule has 3 N–H and O–H groups in total. The number of benzene rings is 2. The summed E-state index contributed by atoms with van der Waals surface area (Å²) in [6.07, 6.45) is 4.82. The van der Waals surface area contributed by atoms with Crippen LogP contribution in [0.5, 0.6) is 5.75 Å². The van der Waals surface area contributed by atoms with Gasteiger partial charge < -0.3 is 20.3 Å². The van der Waals surface area contributed by atoms with Crippen molar-refractivity contribution in [3.05, 3.63) is 48.2 Å². The van der Waals surface area contributed by atoms with E-state index in [2.05, 4.69) is 27.6 Å². The molecular formula is C21H24N4O2. The number of guanidine groups is 1. The van der Waals surface area contributed by atoms with Crippen LogP contribution >= 0.6 is 0 Å². The molecule has 3 aromatic rings. The number of hydrogen-bond acceptors (Lipinski definition) is 4. The van der Waals surface area contributed by atoms with Gasteiger partial charge in [-0.1, -0.05) is 48.3 Å². The van der Waals surface area contributed by atoms with Crippen LogP contribution in [0.25, 0.3) is 22.0 Å². The predicted octanol–water partition coefficient (Wildman–Crippen LogP) is 3.85. The average Bonchev–Trinajstić information content (AvgIpc) is 3.37. The molecule has 6 heteroatoms. The van der Waals surface area contributed by atoms with Crippen LogP contribution < -0.4 is 15.8 Å². The standard InChI is InChI=1S/C21H24N4O2/c1-26-19-11-10-14-6-2-5-9-17(14)20(19)18-12-16(27-25-18)13-23-21(22)24-15-7-3-4-8-15/h2,5-6,9-12,15H,3-4,7-8,13H2,1H3,(H3,22,23,24). The minimum atomic E-state index is 0.353. The van der Waals surface area contributed by atoms with Gasteiger partial charge in [0, 0.05) is 12.1 Å². The molecule has 0 spiro atoms. The number of nitrogens with one attached hydrogen (secondary N) is 1. The van der Waals surface area contributed by atoms with Crippen LogP contribution in [-0.2, 0) is 6.54 Å². The highest BCUT2D eigenvalue weighted by Crippen LogP contribution is 2.36. The Bertz CT molecular complexity index is 958. The first-order chi connectivity index (χ1) is 13.2. The van der Waals surface area contributed by atoms with Crippen LogP contribution in [0.4, 0.5) is 0 Å². The number of fused-ring (bicyclic) bond motifs is 1. The molecule has 0 atom stereocenters. The molecule has 0 aliphatic heterocycles. The van der Waals surface area contributed by atoms with Crippen LogP contribution in [0, 0.1) is 0 Å². The van der Waals surface area contributed by atoms with Gasteiger partial charge in [-0.3, -0.25) is 0 Å². The maximum atomic E-state index is 6.00. The number of nitrogens with zero attached hydrogens (tertiary/aromatic N) is 2. The molecule has 2 aromatic carbocycles. The lowest BCUT2D eigenvalue weighted by Crippen LogP contribution is -2.38. The second-order valence-electron chi connectivity index (χ2n) is 6.87. The lowest BCUT2D eigenvalue weighted by Gasteiger charge is -2.11. The van der Waals surface area contributed by atoms with E-state index in [4.69, 9.17) is 15.0 Å². The van der Waals surface area contributed by atoms with Gasteiger partial charge in [0.25, 0.3) is 0 Å². The Hall–Kier alpha value is -3.02. The fourth-order valence-corrected chi connectivity index (χ4v) is 3.68. The first-order valence-corrected chi connectivity index (χ1v) is 9.33. The number of aromatic nitrogens is 1. The Balaban J connectivity index is 1.57. The van der Waals surface area contributed by atoms with Gasteiger partial charge in [0.1, 0.15) is 18.0 Å². The Morgan fingerprint density at radius 3 is 2.89 bits per heavy atom. The molecule has 0 amide bonds. The summed E-state index contributed by atoms with van der Waals surface area (Å²) in [6, 6.07) is 14.5. The molecule has 1 heterocycles. The number of hydrogen-bond donors (Lipinski definition) is 2. The lowest BCUT2D eigenvalue weighted by molar-refractivity contribution is 0.385. The highest BCUT2D eigenvalue weighted by molar-refractivity contribution is 5.98. The number of nitrogens with two attached hydrogens (primary N) is 1. The molecule has 0 radical (unpaired) electrons. The van der Waals surface area contributed by atoms with E-state index >= 15 is 0 Å². The van der Waals surface area contributed by atoms with Crippen molar-refractivity contribution in [2.45, 2.75) is 38.3 Å². The van der Waals surface area contributed by atoms with Crippen molar-refractivity contribution in [3.8, 4) is 17.0 Å². The average molecular weight is 364 g/mol. The van der Waals surface area contributed by atoms with E-state index in [0.717, 1.165) is 40.6 Å². The minimum Gasteiger partial charge on any atom is -0.496 e. The summed E-state index contributed by atoms with van der Waals surface area (Å²) >= 11 is 0. The Morgan fingerprint density at radius 1 is 1.26 bits per heavy atom. The van der Waals surface area contributed by atoms with Crippen molar-refractivity contribution in [1.29, 1.82) is 0 Å². The van der Waals surface area contributed by atoms with Gasteiger partial charge in [-0.25, -0.2) is 4.99 Å². The molecular weight excluding hydrogens is 340 g/mol. The largest absolute Gasteiger partial charge is 0.496 e. The zero-order chi connectivity index (χ0) is 18.6. The highest BCUT2D eigenvalue weighted by atomic mass is 16.5. The molecule has 27 heavy (non-hydrogen) atoms. The second-order valence-corrected chi connectivity index (χ2v) is 6.87. The monoisotopic (exact) mass is 364 g/mol. The molecule has 0 saturated heterocycles. The first-order valence-electron chi connectivity index (χ1n) is 9.33. The number of aliphatic imine (C=N–C) groups is 1. The Morgan fingerprint density at radius 2 is 2.07 bits per heavy atom. The van der Waals surface area contributed by atoms with E-state index < -0.39 is 0 Å². The molecule has 4 rings (SSSR count). The van der Waals surface area contributed by atoms with E-state index in [-0.39, 0.29) is 0 Å². The number of methoxy groups -OCH3 is 1. The summed E-state index contributed by atoms with van der Waals surface area (Å²) in [5, 5.41) is 9.71. The van der Waals surface area contributed by atoms with Gasteiger partial charge in [-0.05, 0) is 29.7 Å². The Kier molecular flexibility index (Phi) is 4.96. The van der Waals surface area contributed by atoms with Crippen LogP contribution in [0.3, 0.4) is 0 Å². The second kappa shape index (κ2) is 7.70. The summed E-state index contributed by atoms with van der Waals surface area (Å²) < 4.78 is 11.0. The summed E-state index contributed by atoms with van der Waals surface area (Å²) in [5.41, 5.74) is 7.65. The Labute approximate surface area is 158 Å². The van der Waals surface area contributed by atoms with Crippen molar-refractivity contribution in [2.75, 3.05) is 7.11 Å². The highest BCUT2D eigenvalue weighted by Gasteiger charge is 2.16. The maximum Gasteiger partial charge on any atom is 0.189 e. The number of rotatable bonds is 5. The maximum absolute atomic E-state index is 6.00. The van der Waals surface area contributed by atoms with Crippen molar-refractivity contribution < 1.29 is 9.26 Å². The third-order valence-electron chi connectivity index (χ3n) is 5.04. The fourth-order valence-electron chi connectivity index (χ4n) is 3.68. The van der Waals surface area contributed by atoms with E-state index in [9.17, 15) is 0 Å². The third-order valence-corrected chi connectivity index (χ3v) is 5.04. The van der Waals surface area contributed by atoms with Gasteiger partial charge in [0.2, 0.25) is 0 Å². The molecule has 0 unspecified atom stereocenters. The smallest absolute Gasteiger partial charge is 0.189 e. The van der Waals surface area contributed by atoms with Crippen molar-refractivity contribution >= 4 is 16.7 Å². The lowest BCUT2D eigenvalue weighted by atomic mass is 10.0. The molecule has 1 saturated carbocycles. The minimum absolute atomic E-state index is 0.353. The molecule has 1 fully saturated rings. The quantitative estimate of drug-likeness (QED) is 0.530. The molecule has 0 bridgehead atoms. The molecule has 140 valence electrons. The van der Waals surface area contributed by atoms with Crippen molar-refractivity contribution in [1.82, 2.24) is 10.5 Å². The van der Waals surface area contributed by atoms with E-state index in [1.54, 1.807) is 7.11 Å². The normalized spacial score (nSPS) is 15.4. The van der Waals surface area contributed by atoms with Crippen LogP contribution in [0.15, 0.2) is 52.0 Å². The molecule has 1 aliphatic rings. The molecule has 1 aliphatic carbocycles. The SMILES string of the molecule is COc1ccc2ccccc2c1-c1cc(CN=C(N)NC2CCCC2)on1. The number of ether oxygens (including phenoxy) is 1. The fraction of sp³-hybridized carbons (Fsp3) is 0.333. The zero-order valence-corrected chi connectivity index (χ0v) is 15.4. The first kappa shape index (κ1) is 17.4. The van der Waals surface area contributed by atoms with Gasteiger partial charge >= 0.3 is 0 Å². The van der Waals surface area contributed by atoms with Crippen LogP contribution in [-0.4, -0.2) is 24.3 Å².